The Balaban J connectivity index is 2.74. The monoisotopic (exact) mass is 183 g/mol. The van der Waals surface area contributed by atoms with Gasteiger partial charge in [0.25, 0.3) is 0 Å². The van der Waals surface area contributed by atoms with Crippen LogP contribution in [0, 0.1) is 6.92 Å². The lowest BCUT2D eigenvalue weighted by atomic mass is 10.2. The summed E-state index contributed by atoms with van der Waals surface area (Å²) in [6.07, 6.45) is 1.58. The Hall–Kier alpha value is -0.900. The number of nitrogens with zero attached hydrogens (tertiary/aromatic N) is 3. The topological polar surface area (TPSA) is 50.9 Å². The molecule has 0 aromatic carbocycles. The van der Waals surface area contributed by atoms with Gasteiger partial charge in [0.15, 0.2) is 0 Å². The van der Waals surface area contributed by atoms with Crippen molar-refractivity contribution < 1.29 is 5.11 Å². The predicted molar refractivity (Wildman–Crippen MR) is 50.6 cm³/mol. The van der Waals surface area contributed by atoms with Crippen LogP contribution in [0.4, 0.5) is 0 Å². The predicted octanol–water partition coefficient (Wildman–Crippen LogP) is 1.09. The summed E-state index contributed by atoms with van der Waals surface area (Å²) in [7, 11) is 0. The molecule has 0 aliphatic carbocycles. The lowest BCUT2D eigenvalue weighted by molar-refractivity contribution is 0.288. The highest BCUT2D eigenvalue weighted by Gasteiger charge is 2.09. The van der Waals surface area contributed by atoms with Gasteiger partial charge in [-0.25, -0.2) is 4.68 Å². The van der Waals surface area contributed by atoms with Crippen LogP contribution >= 0.6 is 0 Å². The van der Waals surface area contributed by atoms with E-state index in [1.54, 1.807) is 0 Å². The standard InChI is InChI=1S/C9H17N3O/c1-7(2)12-8(3)9(10-11-12)5-4-6-13/h7,13H,4-6H2,1-3H3. The van der Waals surface area contributed by atoms with Crippen LogP contribution < -0.4 is 0 Å². The smallest absolute Gasteiger partial charge is 0.0857 e. The molecule has 0 radical (unpaired) electrons. The van der Waals surface area contributed by atoms with Crippen molar-refractivity contribution >= 4 is 0 Å². The highest BCUT2D eigenvalue weighted by Crippen LogP contribution is 2.11. The van der Waals surface area contributed by atoms with Crippen LogP contribution in [0.25, 0.3) is 0 Å². The zero-order valence-corrected chi connectivity index (χ0v) is 8.49. The van der Waals surface area contributed by atoms with Gasteiger partial charge in [0.05, 0.1) is 11.4 Å². The maximum Gasteiger partial charge on any atom is 0.0857 e. The zero-order valence-electron chi connectivity index (χ0n) is 8.49. The molecule has 0 saturated carbocycles. The maximum atomic E-state index is 8.68. The number of aliphatic hydroxyl groups is 1. The van der Waals surface area contributed by atoms with Crippen LogP contribution in [0.2, 0.25) is 0 Å². The first-order valence-corrected chi connectivity index (χ1v) is 4.68. The van der Waals surface area contributed by atoms with E-state index in [2.05, 4.69) is 24.2 Å². The summed E-state index contributed by atoms with van der Waals surface area (Å²) in [6, 6.07) is 0.357. The third-order valence-corrected chi connectivity index (χ3v) is 2.08. The molecule has 1 aromatic heterocycles. The normalized spacial score (nSPS) is 11.2. The van der Waals surface area contributed by atoms with Crippen LogP contribution in [0.1, 0.15) is 37.7 Å². The average Bonchev–Trinajstić information content (AvgIpc) is 2.43. The minimum atomic E-state index is 0.216. The molecule has 1 aromatic rings. The second-order valence-corrected chi connectivity index (χ2v) is 3.49. The van der Waals surface area contributed by atoms with E-state index >= 15 is 0 Å². The Labute approximate surface area is 78.6 Å². The molecule has 13 heavy (non-hydrogen) atoms. The van der Waals surface area contributed by atoms with Crippen molar-refractivity contribution in [2.45, 2.75) is 39.7 Å². The molecule has 0 saturated heterocycles. The van der Waals surface area contributed by atoms with Gasteiger partial charge in [-0.1, -0.05) is 5.21 Å². The van der Waals surface area contributed by atoms with Crippen LogP contribution in [0.5, 0.6) is 0 Å². The molecule has 0 unspecified atom stereocenters. The summed E-state index contributed by atoms with van der Waals surface area (Å²) in [4.78, 5) is 0. The Morgan fingerprint density at radius 1 is 1.46 bits per heavy atom. The van der Waals surface area contributed by atoms with Crippen molar-refractivity contribution in [1.29, 1.82) is 0 Å². The Morgan fingerprint density at radius 3 is 2.62 bits per heavy atom. The second kappa shape index (κ2) is 4.37. The molecule has 0 amide bonds. The molecule has 1 rings (SSSR count). The van der Waals surface area contributed by atoms with Crippen LogP contribution in [0.3, 0.4) is 0 Å². The molecule has 1 heterocycles. The first-order chi connectivity index (χ1) is 6.16. The van der Waals surface area contributed by atoms with Gasteiger partial charge in [0, 0.05) is 12.6 Å². The van der Waals surface area contributed by atoms with Crippen molar-refractivity contribution in [3.05, 3.63) is 11.4 Å². The lowest BCUT2D eigenvalue weighted by Gasteiger charge is -2.06. The largest absolute Gasteiger partial charge is 0.396 e. The van der Waals surface area contributed by atoms with Gasteiger partial charge in [0.2, 0.25) is 0 Å². The summed E-state index contributed by atoms with van der Waals surface area (Å²) in [6.45, 7) is 6.40. The fourth-order valence-electron chi connectivity index (χ4n) is 1.34. The van der Waals surface area contributed by atoms with Crippen LogP contribution in [0.15, 0.2) is 0 Å². The minimum Gasteiger partial charge on any atom is -0.396 e. The van der Waals surface area contributed by atoms with Crippen LogP contribution in [-0.4, -0.2) is 26.7 Å². The average molecular weight is 183 g/mol. The third kappa shape index (κ3) is 2.28. The first kappa shape index (κ1) is 10.2. The second-order valence-electron chi connectivity index (χ2n) is 3.49. The van der Waals surface area contributed by atoms with Gasteiger partial charge < -0.3 is 5.11 Å². The third-order valence-electron chi connectivity index (χ3n) is 2.08. The van der Waals surface area contributed by atoms with E-state index < -0.39 is 0 Å². The molecule has 1 N–H and O–H groups in total. The van der Waals surface area contributed by atoms with Crippen molar-refractivity contribution in [3.63, 3.8) is 0 Å². The molecular weight excluding hydrogens is 166 g/mol. The van der Waals surface area contributed by atoms with E-state index in [9.17, 15) is 0 Å². The summed E-state index contributed by atoms with van der Waals surface area (Å²) < 4.78 is 1.91. The van der Waals surface area contributed by atoms with Gasteiger partial charge in [-0.3, -0.25) is 0 Å². The molecule has 0 atom stereocenters. The molecule has 0 fully saturated rings. The van der Waals surface area contributed by atoms with Gasteiger partial charge in [-0.2, -0.15) is 0 Å². The van der Waals surface area contributed by atoms with Crippen molar-refractivity contribution in [1.82, 2.24) is 15.0 Å². The molecule has 0 spiro atoms. The molecule has 4 nitrogen and oxygen atoms in total. The van der Waals surface area contributed by atoms with E-state index in [4.69, 9.17) is 5.11 Å². The van der Waals surface area contributed by atoms with E-state index in [1.807, 2.05) is 11.6 Å². The molecule has 0 aliphatic rings. The van der Waals surface area contributed by atoms with E-state index in [0.29, 0.717) is 6.04 Å². The maximum absolute atomic E-state index is 8.68. The molecule has 0 bridgehead atoms. The summed E-state index contributed by atoms with van der Waals surface area (Å²) >= 11 is 0. The quantitative estimate of drug-likeness (QED) is 0.760. The highest BCUT2D eigenvalue weighted by atomic mass is 16.2. The van der Waals surface area contributed by atoms with Crippen molar-refractivity contribution in [2.24, 2.45) is 0 Å². The number of hydrogen-bond acceptors (Lipinski definition) is 3. The molecule has 4 heteroatoms. The van der Waals surface area contributed by atoms with Gasteiger partial charge in [0.1, 0.15) is 0 Å². The SMILES string of the molecule is Cc1c(CCCO)nnn1C(C)C. The fraction of sp³-hybridized carbons (Fsp3) is 0.778. The number of aromatic nitrogens is 3. The summed E-state index contributed by atoms with van der Waals surface area (Å²) in [5, 5.41) is 16.8. The lowest BCUT2D eigenvalue weighted by Crippen LogP contribution is -2.05. The highest BCUT2D eigenvalue weighted by molar-refractivity contribution is 5.08. The van der Waals surface area contributed by atoms with E-state index in [-0.39, 0.29) is 6.61 Å². The van der Waals surface area contributed by atoms with Gasteiger partial charge >= 0.3 is 0 Å². The minimum absolute atomic E-state index is 0.216. The van der Waals surface area contributed by atoms with Gasteiger partial charge in [-0.15, -0.1) is 5.10 Å². The summed E-state index contributed by atoms with van der Waals surface area (Å²) in [5.41, 5.74) is 2.12. The van der Waals surface area contributed by atoms with Gasteiger partial charge in [-0.05, 0) is 33.6 Å². The first-order valence-electron chi connectivity index (χ1n) is 4.68. The number of aliphatic hydroxyl groups excluding tert-OH is 1. The number of aryl methyl sites for hydroxylation is 1. The fourth-order valence-corrected chi connectivity index (χ4v) is 1.34. The summed E-state index contributed by atoms with van der Waals surface area (Å²) in [5.74, 6) is 0. The number of hydrogen-bond donors (Lipinski definition) is 1. The Bertz CT molecular complexity index is 268. The van der Waals surface area contributed by atoms with Crippen molar-refractivity contribution in [2.75, 3.05) is 6.61 Å². The molecular formula is C9H17N3O. The Kier molecular flexibility index (Phi) is 3.42. The molecule has 0 aliphatic heterocycles. The van der Waals surface area contributed by atoms with E-state index in [1.165, 1.54) is 0 Å². The van der Waals surface area contributed by atoms with Crippen LogP contribution in [-0.2, 0) is 6.42 Å². The number of rotatable bonds is 4. The zero-order chi connectivity index (χ0) is 9.84. The van der Waals surface area contributed by atoms with E-state index in [0.717, 1.165) is 24.2 Å². The molecule has 74 valence electrons. The Morgan fingerprint density at radius 2 is 2.15 bits per heavy atom. The van der Waals surface area contributed by atoms with Crippen molar-refractivity contribution in [3.8, 4) is 0 Å².